The number of imide groups is 1. The van der Waals surface area contributed by atoms with E-state index in [9.17, 15) is 9.59 Å². The minimum absolute atomic E-state index is 0.0368. The molecule has 1 aromatic heterocycles. The first-order chi connectivity index (χ1) is 14.4. The number of piperidine rings is 1. The fourth-order valence-corrected chi connectivity index (χ4v) is 4.74. The Hall–Kier alpha value is -1.95. The molecule has 2 aliphatic heterocycles. The standard InChI is InChI=1S/C24H38N4O2/c1-5-20(4)26-17-11-24(12-18-26)22(29)27(23(30)28(24)16-10-19(2)3)15-6-7-21-8-13-25-14-9-21/h8-9,13-14,19-20H,5-7,10-12,15-18H2,1-4H3. The van der Waals surface area contributed by atoms with Gasteiger partial charge in [-0.2, -0.15) is 0 Å². The number of hydrogen-bond donors (Lipinski definition) is 0. The molecule has 1 unspecified atom stereocenters. The van der Waals surface area contributed by atoms with Crippen LogP contribution in [0.3, 0.4) is 0 Å². The number of nitrogens with zero attached hydrogens (tertiary/aromatic N) is 4. The Bertz CT molecular complexity index is 713. The van der Waals surface area contributed by atoms with E-state index in [-0.39, 0.29) is 11.9 Å². The smallest absolute Gasteiger partial charge is 0.309 e. The number of aromatic nitrogens is 1. The van der Waals surface area contributed by atoms with Gasteiger partial charge >= 0.3 is 6.03 Å². The molecule has 0 aliphatic carbocycles. The molecule has 6 nitrogen and oxygen atoms in total. The monoisotopic (exact) mass is 414 g/mol. The number of pyridine rings is 1. The van der Waals surface area contributed by atoms with E-state index in [2.05, 4.69) is 37.6 Å². The lowest BCUT2D eigenvalue weighted by molar-refractivity contribution is -0.136. The van der Waals surface area contributed by atoms with E-state index in [1.54, 1.807) is 17.3 Å². The van der Waals surface area contributed by atoms with Crippen molar-refractivity contribution in [2.75, 3.05) is 26.2 Å². The lowest BCUT2D eigenvalue weighted by atomic mass is 9.84. The molecule has 0 N–H and O–H groups in total. The zero-order valence-electron chi connectivity index (χ0n) is 19.1. The summed E-state index contributed by atoms with van der Waals surface area (Å²) in [7, 11) is 0. The zero-order valence-corrected chi connectivity index (χ0v) is 19.1. The molecule has 0 radical (unpaired) electrons. The molecule has 0 saturated carbocycles. The van der Waals surface area contributed by atoms with Crippen LogP contribution in [0, 0.1) is 5.92 Å². The first-order valence-electron chi connectivity index (χ1n) is 11.7. The fraction of sp³-hybridized carbons (Fsp3) is 0.708. The number of urea groups is 1. The Morgan fingerprint density at radius 2 is 1.73 bits per heavy atom. The molecule has 1 atom stereocenters. The van der Waals surface area contributed by atoms with Gasteiger partial charge in [-0.25, -0.2) is 4.79 Å². The highest BCUT2D eigenvalue weighted by molar-refractivity contribution is 6.07. The van der Waals surface area contributed by atoms with Crippen LogP contribution in [0.1, 0.15) is 65.4 Å². The van der Waals surface area contributed by atoms with Gasteiger partial charge in [0.15, 0.2) is 0 Å². The number of amides is 3. The Morgan fingerprint density at radius 1 is 1.07 bits per heavy atom. The van der Waals surface area contributed by atoms with E-state index in [4.69, 9.17) is 0 Å². The summed E-state index contributed by atoms with van der Waals surface area (Å²) in [6.07, 6.45) is 8.75. The predicted octanol–water partition coefficient (Wildman–Crippen LogP) is 3.96. The maximum Gasteiger partial charge on any atom is 0.327 e. The van der Waals surface area contributed by atoms with Crippen LogP contribution >= 0.6 is 0 Å². The van der Waals surface area contributed by atoms with Crippen molar-refractivity contribution in [3.63, 3.8) is 0 Å². The van der Waals surface area contributed by atoms with Crippen molar-refractivity contribution in [1.29, 1.82) is 0 Å². The maximum atomic E-state index is 13.6. The van der Waals surface area contributed by atoms with Crippen LogP contribution in [0.2, 0.25) is 0 Å². The Morgan fingerprint density at radius 3 is 2.33 bits per heavy atom. The molecule has 2 aliphatic rings. The first-order valence-corrected chi connectivity index (χ1v) is 11.7. The second kappa shape index (κ2) is 9.90. The van der Waals surface area contributed by atoms with Gasteiger partial charge < -0.3 is 9.80 Å². The van der Waals surface area contributed by atoms with E-state index in [0.717, 1.165) is 51.6 Å². The van der Waals surface area contributed by atoms with E-state index in [0.29, 0.717) is 25.0 Å². The van der Waals surface area contributed by atoms with Crippen LogP contribution in [0.15, 0.2) is 24.5 Å². The summed E-state index contributed by atoms with van der Waals surface area (Å²) in [6.45, 7) is 11.7. The number of carbonyl (C=O) groups excluding carboxylic acids is 2. The van der Waals surface area contributed by atoms with Gasteiger partial charge in [-0.15, -0.1) is 0 Å². The topological polar surface area (TPSA) is 56.8 Å². The summed E-state index contributed by atoms with van der Waals surface area (Å²) in [6, 6.07) is 4.44. The minimum Gasteiger partial charge on any atom is -0.309 e. The zero-order chi connectivity index (χ0) is 21.7. The molecule has 0 aromatic carbocycles. The molecule has 3 amide bonds. The summed E-state index contributed by atoms with van der Waals surface area (Å²) in [4.78, 5) is 36.9. The molecule has 30 heavy (non-hydrogen) atoms. The van der Waals surface area contributed by atoms with Gasteiger partial charge in [-0.1, -0.05) is 20.8 Å². The van der Waals surface area contributed by atoms with Gasteiger partial charge in [0.25, 0.3) is 5.91 Å². The number of hydrogen-bond acceptors (Lipinski definition) is 4. The first kappa shape index (κ1) is 22.7. The second-order valence-corrected chi connectivity index (χ2v) is 9.36. The normalized spacial score (nSPS) is 20.6. The fourth-order valence-electron chi connectivity index (χ4n) is 4.74. The average Bonchev–Trinajstić information content (AvgIpc) is 2.94. The van der Waals surface area contributed by atoms with Gasteiger partial charge in [0.1, 0.15) is 5.54 Å². The predicted molar refractivity (Wildman–Crippen MR) is 119 cm³/mol. The van der Waals surface area contributed by atoms with Crippen molar-refractivity contribution >= 4 is 11.9 Å². The van der Waals surface area contributed by atoms with Gasteiger partial charge in [-0.3, -0.25) is 14.7 Å². The third kappa shape index (κ3) is 4.69. The summed E-state index contributed by atoms with van der Waals surface area (Å²) >= 11 is 0. The highest BCUT2D eigenvalue weighted by Crippen LogP contribution is 2.38. The minimum atomic E-state index is -0.632. The van der Waals surface area contributed by atoms with Crippen molar-refractivity contribution in [2.24, 2.45) is 5.92 Å². The lowest BCUT2D eigenvalue weighted by Crippen LogP contribution is -2.57. The van der Waals surface area contributed by atoms with Crippen LogP contribution in [0.4, 0.5) is 4.79 Å². The van der Waals surface area contributed by atoms with Crippen LogP contribution in [-0.2, 0) is 11.2 Å². The summed E-state index contributed by atoms with van der Waals surface area (Å²) in [5.41, 5.74) is 0.560. The van der Waals surface area contributed by atoms with E-state index >= 15 is 0 Å². The molecule has 2 fully saturated rings. The molecular weight excluding hydrogens is 376 g/mol. The summed E-state index contributed by atoms with van der Waals surface area (Å²) < 4.78 is 0. The molecule has 1 spiro atoms. The van der Waals surface area contributed by atoms with Gasteiger partial charge in [-0.05, 0) is 69.1 Å². The van der Waals surface area contributed by atoms with E-state index in [1.165, 1.54) is 5.56 Å². The van der Waals surface area contributed by atoms with E-state index in [1.807, 2.05) is 17.0 Å². The molecule has 3 heterocycles. The van der Waals surface area contributed by atoms with Crippen molar-refractivity contribution in [3.05, 3.63) is 30.1 Å². The third-order valence-electron chi connectivity index (χ3n) is 6.99. The van der Waals surface area contributed by atoms with Gasteiger partial charge in [0.2, 0.25) is 0 Å². The molecule has 1 aromatic rings. The second-order valence-electron chi connectivity index (χ2n) is 9.36. The summed E-state index contributed by atoms with van der Waals surface area (Å²) in [5, 5.41) is 0. The van der Waals surface area contributed by atoms with Crippen molar-refractivity contribution in [1.82, 2.24) is 19.7 Å². The molecule has 3 rings (SSSR count). The van der Waals surface area contributed by atoms with Crippen LogP contribution in [0.5, 0.6) is 0 Å². The van der Waals surface area contributed by atoms with Gasteiger partial charge in [0.05, 0.1) is 0 Å². The molecule has 0 bridgehead atoms. The number of rotatable bonds is 9. The molecule has 2 saturated heterocycles. The Labute approximate surface area is 181 Å². The Balaban J connectivity index is 1.71. The summed E-state index contributed by atoms with van der Waals surface area (Å²) in [5.74, 6) is 0.542. The largest absolute Gasteiger partial charge is 0.327 e. The highest BCUT2D eigenvalue weighted by Gasteiger charge is 2.57. The van der Waals surface area contributed by atoms with Crippen LogP contribution < -0.4 is 0 Å². The molecule has 6 heteroatoms. The average molecular weight is 415 g/mol. The molecular formula is C24H38N4O2. The SMILES string of the molecule is CCC(C)N1CCC2(CC1)C(=O)N(CCCc1ccncc1)C(=O)N2CCC(C)C. The quantitative estimate of drug-likeness (QED) is 0.574. The Kier molecular flexibility index (Phi) is 7.50. The van der Waals surface area contributed by atoms with Crippen molar-refractivity contribution in [3.8, 4) is 0 Å². The number of carbonyl (C=O) groups is 2. The van der Waals surface area contributed by atoms with Crippen LogP contribution in [-0.4, -0.2) is 69.4 Å². The van der Waals surface area contributed by atoms with Crippen LogP contribution in [0.25, 0.3) is 0 Å². The lowest BCUT2D eigenvalue weighted by Gasteiger charge is -2.44. The van der Waals surface area contributed by atoms with Crippen molar-refractivity contribution in [2.45, 2.75) is 77.8 Å². The number of aryl methyl sites for hydroxylation is 1. The third-order valence-corrected chi connectivity index (χ3v) is 6.99. The number of likely N-dealkylation sites (tertiary alicyclic amines) is 1. The van der Waals surface area contributed by atoms with E-state index < -0.39 is 5.54 Å². The highest BCUT2D eigenvalue weighted by atomic mass is 16.2. The maximum absolute atomic E-state index is 13.6. The molecule has 166 valence electrons. The van der Waals surface area contributed by atoms with Gasteiger partial charge in [0, 0.05) is 44.6 Å². The van der Waals surface area contributed by atoms with Crippen molar-refractivity contribution < 1.29 is 9.59 Å².